The molecule has 1 aliphatic rings. The molecule has 4 amide bonds. The number of carbonyl (C=O) groups is 3. The van der Waals surface area contributed by atoms with Gasteiger partial charge in [0.2, 0.25) is 5.91 Å². The molecule has 1 saturated heterocycles. The Labute approximate surface area is 186 Å². The summed E-state index contributed by atoms with van der Waals surface area (Å²) in [6.07, 6.45) is 0.277. The van der Waals surface area contributed by atoms with Gasteiger partial charge in [-0.05, 0) is 35.4 Å². The molecule has 0 aliphatic carbocycles. The molecule has 0 unspecified atom stereocenters. The zero-order chi connectivity index (χ0) is 22.6. The summed E-state index contributed by atoms with van der Waals surface area (Å²) in [6.45, 7) is -0.389. The molecule has 2 N–H and O–H groups in total. The number of nitrogens with one attached hydrogen (secondary N) is 2. The first-order chi connectivity index (χ1) is 15.5. The van der Waals surface area contributed by atoms with Crippen molar-refractivity contribution in [1.29, 1.82) is 0 Å². The van der Waals surface area contributed by atoms with Crippen LogP contribution in [0.3, 0.4) is 0 Å². The number of amides is 4. The largest absolute Gasteiger partial charge is 0.497 e. The van der Waals surface area contributed by atoms with Gasteiger partial charge >= 0.3 is 6.03 Å². The third kappa shape index (κ3) is 4.18. The molecule has 1 atom stereocenters. The van der Waals surface area contributed by atoms with Gasteiger partial charge in [-0.15, -0.1) is 0 Å². The second kappa shape index (κ2) is 8.93. The summed E-state index contributed by atoms with van der Waals surface area (Å²) in [7, 11) is 1.56. The number of hydrogen-bond acceptors (Lipinski definition) is 4. The van der Waals surface area contributed by atoms with Gasteiger partial charge in [-0.25, -0.2) is 4.79 Å². The Morgan fingerprint density at radius 2 is 1.56 bits per heavy atom. The van der Waals surface area contributed by atoms with E-state index in [2.05, 4.69) is 10.6 Å². The highest BCUT2D eigenvalue weighted by Gasteiger charge is 2.52. The molecule has 1 heterocycles. The smallest absolute Gasteiger partial charge is 0.325 e. The minimum absolute atomic E-state index is 0.277. The van der Waals surface area contributed by atoms with Crippen LogP contribution in [0.2, 0.25) is 0 Å². The first-order valence-corrected chi connectivity index (χ1v) is 10.2. The van der Waals surface area contributed by atoms with E-state index in [4.69, 9.17) is 4.74 Å². The third-order valence-electron chi connectivity index (χ3n) is 5.43. The molecule has 7 nitrogen and oxygen atoms in total. The molecule has 7 heteroatoms. The van der Waals surface area contributed by atoms with Crippen LogP contribution in [0, 0.1) is 0 Å². The maximum Gasteiger partial charge on any atom is 0.325 e. The second-order valence-electron chi connectivity index (χ2n) is 7.53. The maximum absolute atomic E-state index is 13.6. The fourth-order valence-electron chi connectivity index (χ4n) is 3.83. The molecule has 32 heavy (non-hydrogen) atoms. The van der Waals surface area contributed by atoms with Gasteiger partial charge in [-0.3, -0.25) is 14.5 Å². The molecule has 0 saturated carbocycles. The summed E-state index contributed by atoms with van der Waals surface area (Å²) < 4.78 is 5.11. The van der Waals surface area contributed by atoms with Crippen molar-refractivity contribution in [3.8, 4) is 5.75 Å². The van der Waals surface area contributed by atoms with Crippen LogP contribution in [-0.2, 0) is 21.5 Å². The van der Waals surface area contributed by atoms with Gasteiger partial charge in [0, 0.05) is 12.1 Å². The number of nitrogens with zero attached hydrogens (tertiary/aromatic N) is 1. The van der Waals surface area contributed by atoms with Gasteiger partial charge < -0.3 is 15.4 Å². The molecule has 3 aromatic carbocycles. The molecule has 0 radical (unpaired) electrons. The lowest BCUT2D eigenvalue weighted by atomic mass is 9.83. The number of urea groups is 1. The minimum Gasteiger partial charge on any atom is -0.497 e. The normalized spacial score (nSPS) is 17.7. The van der Waals surface area contributed by atoms with Gasteiger partial charge in [0.05, 0.1) is 7.11 Å². The van der Waals surface area contributed by atoms with Gasteiger partial charge in [-0.2, -0.15) is 0 Å². The number of ether oxygens (including phenoxy) is 1. The van der Waals surface area contributed by atoms with Crippen LogP contribution in [0.15, 0.2) is 84.9 Å². The van der Waals surface area contributed by atoms with Crippen molar-refractivity contribution >= 4 is 23.5 Å². The summed E-state index contributed by atoms with van der Waals surface area (Å²) >= 11 is 0. The average molecular weight is 429 g/mol. The van der Waals surface area contributed by atoms with Gasteiger partial charge in [0.15, 0.2) is 5.54 Å². The van der Waals surface area contributed by atoms with E-state index in [1.807, 2.05) is 60.7 Å². The van der Waals surface area contributed by atoms with E-state index in [-0.39, 0.29) is 13.0 Å². The summed E-state index contributed by atoms with van der Waals surface area (Å²) in [5, 5.41) is 5.57. The van der Waals surface area contributed by atoms with E-state index < -0.39 is 23.4 Å². The molecule has 0 aromatic heterocycles. The number of anilines is 1. The number of rotatable bonds is 7. The van der Waals surface area contributed by atoms with Crippen molar-refractivity contribution in [3.63, 3.8) is 0 Å². The van der Waals surface area contributed by atoms with Crippen molar-refractivity contribution in [1.82, 2.24) is 10.2 Å². The predicted octanol–water partition coefficient (Wildman–Crippen LogP) is 3.32. The molecular formula is C25H23N3O4. The van der Waals surface area contributed by atoms with Gasteiger partial charge in [0.25, 0.3) is 5.91 Å². The fourth-order valence-corrected chi connectivity index (χ4v) is 3.83. The Hall–Kier alpha value is -4.13. The summed E-state index contributed by atoms with van der Waals surface area (Å²) in [5.41, 5.74) is 0.830. The molecule has 1 aliphatic heterocycles. The summed E-state index contributed by atoms with van der Waals surface area (Å²) in [4.78, 5) is 40.0. The molecule has 3 aromatic rings. The molecule has 0 spiro atoms. The molecular weight excluding hydrogens is 406 g/mol. The van der Waals surface area contributed by atoms with Crippen molar-refractivity contribution in [2.45, 2.75) is 12.0 Å². The SMILES string of the molecule is COc1ccc(NC(=O)CN2C(=O)N[C@](Cc3ccccc3)(c3ccccc3)C2=O)cc1. The van der Waals surface area contributed by atoms with Crippen LogP contribution >= 0.6 is 0 Å². The lowest BCUT2D eigenvalue weighted by Crippen LogP contribution is -2.46. The number of benzene rings is 3. The highest BCUT2D eigenvalue weighted by atomic mass is 16.5. The number of hydrogen-bond donors (Lipinski definition) is 2. The third-order valence-corrected chi connectivity index (χ3v) is 5.43. The number of imide groups is 1. The van der Waals surface area contributed by atoms with Crippen LogP contribution in [0.25, 0.3) is 0 Å². The summed E-state index contributed by atoms with van der Waals surface area (Å²) in [5.74, 6) is -0.268. The quantitative estimate of drug-likeness (QED) is 0.564. The van der Waals surface area contributed by atoms with Crippen molar-refractivity contribution in [2.24, 2.45) is 0 Å². The van der Waals surface area contributed by atoms with E-state index in [0.29, 0.717) is 17.0 Å². The van der Waals surface area contributed by atoms with E-state index in [9.17, 15) is 14.4 Å². The molecule has 162 valence electrons. The Kier molecular flexibility index (Phi) is 5.89. The lowest BCUT2D eigenvalue weighted by Gasteiger charge is -2.27. The zero-order valence-corrected chi connectivity index (χ0v) is 17.6. The van der Waals surface area contributed by atoms with Crippen LogP contribution in [0.4, 0.5) is 10.5 Å². The standard InChI is InChI=1S/C25H23N3O4/c1-32-21-14-12-20(13-15-21)26-22(29)17-28-23(30)25(27-24(28)31,19-10-6-3-7-11-19)16-18-8-4-2-5-9-18/h2-15H,16-17H2,1H3,(H,26,29)(H,27,31)/t25-/m1/s1. The molecule has 1 fully saturated rings. The highest BCUT2D eigenvalue weighted by molar-refractivity contribution is 6.10. The van der Waals surface area contributed by atoms with E-state index in [1.165, 1.54) is 0 Å². The number of methoxy groups -OCH3 is 1. The lowest BCUT2D eigenvalue weighted by molar-refractivity contribution is -0.134. The second-order valence-corrected chi connectivity index (χ2v) is 7.53. The first-order valence-electron chi connectivity index (χ1n) is 10.2. The molecule has 0 bridgehead atoms. The predicted molar refractivity (Wildman–Crippen MR) is 120 cm³/mol. The number of carbonyl (C=O) groups excluding carboxylic acids is 3. The first kappa shape index (κ1) is 21.1. The highest BCUT2D eigenvalue weighted by Crippen LogP contribution is 2.33. The van der Waals surface area contributed by atoms with Crippen molar-refractivity contribution in [2.75, 3.05) is 19.0 Å². The van der Waals surface area contributed by atoms with E-state index in [1.54, 1.807) is 31.4 Å². The topological polar surface area (TPSA) is 87.7 Å². The monoisotopic (exact) mass is 429 g/mol. The Balaban J connectivity index is 1.57. The van der Waals surface area contributed by atoms with Gasteiger partial charge in [-0.1, -0.05) is 60.7 Å². The van der Waals surface area contributed by atoms with Gasteiger partial charge in [0.1, 0.15) is 12.3 Å². The summed E-state index contributed by atoms with van der Waals surface area (Å²) in [6, 6.07) is 24.8. The van der Waals surface area contributed by atoms with Crippen molar-refractivity contribution < 1.29 is 19.1 Å². The van der Waals surface area contributed by atoms with Crippen LogP contribution in [-0.4, -0.2) is 36.4 Å². The Bertz CT molecular complexity index is 1120. The molecule has 4 rings (SSSR count). The Morgan fingerprint density at radius 1 is 0.938 bits per heavy atom. The maximum atomic E-state index is 13.6. The Morgan fingerprint density at radius 3 is 2.19 bits per heavy atom. The zero-order valence-electron chi connectivity index (χ0n) is 17.6. The fraction of sp³-hybridized carbons (Fsp3) is 0.160. The van der Waals surface area contributed by atoms with Crippen LogP contribution < -0.4 is 15.4 Å². The van der Waals surface area contributed by atoms with Crippen molar-refractivity contribution in [3.05, 3.63) is 96.1 Å². The minimum atomic E-state index is -1.28. The van der Waals surface area contributed by atoms with E-state index in [0.717, 1.165) is 10.5 Å². The van der Waals surface area contributed by atoms with Crippen LogP contribution in [0.1, 0.15) is 11.1 Å². The average Bonchev–Trinajstić information content (AvgIpc) is 3.05. The van der Waals surface area contributed by atoms with Crippen LogP contribution in [0.5, 0.6) is 5.75 Å². The van der Waals surface area contributed by atoms with E-state index >= 15 is 0 Å².